The standard InChI is InChI=1S/C42H59N7O6/c1-6-15-30(35(50)40(54)45-26(2)27-16-9-7-10-17-27)46-38(52)33-24-29-20-13-14-21-32(29)49(33)41(55)36(42(3,4)5)48-39(53)34(28-18-11-8-12-19-28)47-37(51)31-25-43-22-23-44-31/h7,9-10,16-17,22-23,25-26,28-30,32-34,36H,6,8,11-15,18-21,24H2,1-5H3,(H,45,54)(H,46,52)(H,47,51)(H,48,53)/t26-,29?,30?,32?,33+,34+,36-/m1/s1. The quantitative estimate of drug-likeness (QED) is 0.202. The molecule has 13 nitrogen and oxygen atoms in total. The van der Waals surface area contributed by atoms with Crippen LogP contribution in [-0.4, -0.2) is 80.4 Å². The number of nitrogens with zero attached hydrogens (tertiary/aromatic N) is 3. The summed E-state index contributed by atoms with van der Waals surface area (Å²) in [5, 5.41) is 11.6. The molecule has 2 aromatic rings. The average Bonchev–Trinajstić information content (AvgIpc) is 3.58. The topological polar surface area (TPSA) is 180 Å². The van der Waals surface area contributed by atoms with E-state index in [0.29, 0.717) is 12.8 Å². The third kappa shape index (κ3) is 10.3. The minimum absolute atomic E-state index is 0.0846. The van der Waals surface area contributed by atoms with E-state index in [-0.39, 0.29) is 35.9 Å². The van der Waals surface area contributed by atoms with E-state index in [4.69, 9.17) is 0 Å². The Morgan fingerprint density at radius 1 is 0.855 bits per heavy atom. The van der Waals surface area contributed by atoms with Gasteiger partial charge in [-0.2, -0.15) is 0 Å². The van der Waals surface area contributed by atoms with E-state index in [1.54, 1.807) is 11.8 Å². The molecule has 4 N–H and O–H groups in total. The van der Waals surface area contributed by atoms with Gasteiger partial charge in [0.1, 0.15) is 23.8 Å². The lowest BCUT2D eigenvalue weighted by Gasteiger charge is -2.40. The van der Waals surface area contributed by atoms with Crippen LogP contribution in [0.3, 0.4) is 0 Å². The highest BCUT2D eigenvalue weighted by Gasteiger charge is 2.51. The van der Waals surface area contributed by atoms with Crippen LogP contribution in [0.5, 0.6) is 0 Å². The van der Waals surface area contributed by atoms with Gasteiger partial charge in [-0.1, -0.05) is 96.6 Å². The summed E-state index contributed by atoms with van der Waals surface area (Å²) in [6.07, 6.45) is 13.4. The number of likely N-dealkylation sites (tertiary alicyclic amines) is 1. The lowest BCUT2D eigenvalue weighted by atomic mass is 9.81. The molecule has 7 atom stereocenters. The van der Waals surface area contributed by atoms with Gasteiger partial charge < -0.3 is 26.2 Å². The smallest absolute Gasteiger partial charge is 0.290 e. The number of hydrogen-bond acceptors (Lipinski definition) is 8. The maximum Gasteiger partial charge on any atom is 0.290 e. The summed E-state index contributed by atoms with van der Waals surface area (Å²) in [6, 6.07) is 4.83. The number of carbonyl (C=O) groups is 6. The van der Waals surface area contributed by atoms with E-state index in [1.807, 2.05) is 58.0 Å². The molecule has 2 aliphatic carbocycles. The summed E-state index contributed by atoms with van der Waals surface area (Å²) in [5.74, 6) is -3.37. The van der Waals surface area contributed by atoms with Crippen LogP contribution < -0.4 is 21.3 Å². The first-order valence-electron chi connectivity index (χ1n) is 20.2. The number of Topliss-reactive ketones (excluding diaryl/α,β-unsaturated/α-hetero) is 1. The zero-order valence-electron chi connectivity index (χ0n) is 33.0. The number of carbonyl (C=O) groups excluding carboxylic acids is 6. The monoisotopic (exact) mass is 757 g/mol. The molecule has 0 spiro atoms. The van der Waals surface area contributed by atoms with Gasteiger partial charge in [-0.15, -0.1) is 0 Å². The first-order chi connectivity index (χ1) is 26.3. The fourth-order valence-electron chi connectivity index (χ4n) is 8.61. The highest BCUT2D eigenvalue weighted by Crippen LogP contribution is 2.41. The summed E-state index contributed by atoms with van der Waals surface area (Å²) >= 11 is 0. The zero-order chi connectivity index (χ0) is 39.7. The Labute approximate surface area is 325 Å². The Balaban J connectivity index is 1.36. The first-order valence-corrected chi connectivity index (χ1v) is 20.2. The van der Waals surface area contributed by atoms with Gasteiger partial charge >= 0.3 is 0 Å². The number of amides is 5. The Hall–Kier alpha value is -4.68. The predicted molar refractivity (Wildman–Crippen MR) is 207 cm³/mol. The van der Waals surface area contributed by atoms with Crippen molar-refractivity contribution in [2.75, 3.05) is 0 Å². The van der Waals surface area contributed by atoms with Gasteiger partial charge in [0.15, 0.2) is 0 Å². The predicted octanol–water partition coefficient (Wildman–Crippen LogP) is 4.58. The van der Waals surface area contributed by atoms with E-state index < -0.39 is 65.0 Å². The van der Waals surface area contributed by atoms with Gasteiger partial charge in [0.25, 0.3) is 11.8 Å². The Kier molecular flexibility index (Phi) is 14.2. The van der Waals surface area contributed by atoms with Crippen LogP contribution in [0, 0.1) is 17.3 Å². The zero-order valence-corrected chi connectivity index (χ0v) is 33.0. The second kappa shape index (κ2) is 18.8. The van der Waals surface area contributed by atoms with Crippen molar-refractivity contribution < 1.29 is 28.8 Å². The molecule has 0 bridgehead atoms. The summed E-state index contributed by atoms with van der Waals surface area (Å²) in [6.45, 7) is 9.30. The maximum atomic E-state index is 14.9. The third-order valence-corrected chi connectivity index (χ3v) is 11.6. The minimum atomic E-state index is -1.06. The molecule has 1 aromatic heterocycles. The number of hydrogen-bond donors (Lipinski definition) is 4. The van der Waals surface area contributed by atoms with Crippen LogP contribution in [0.25, 0.3) is 0 Å². The molecular weight excluding hydrogens is 699 g/mol. The SMILES string of the molecule is CCCC(NC(=O)[C@@H]1CC2CCCCC2N1C(=O)[C@@H](NC(=O)[C@@H](NC(=O)c1cnccn1)C1CCCCC1)C(C)(C)C)C(=O)C(=O)N[C@H](C)c1ccccc1. The molecule has 3 aliphatic rings. The lowest BCUT2D eigenvalue weighted by Crippen LogP contribution is -2.63. The Morgan fingerprint density at radius 3 is 2.20 bits per heavy atom. The largest absolute Gasteiger partial charge is 0.344 e. The molecule has 0 radical (unpaired) electrons. The Bertz CT molecular complexity index is 1660. The molecule has 1 saturated heterocycles. The van der Waals surface area contributed by atoms with E-state index in [9.17, 15) is 28.8 Å². The molecule has 55 heavy (non-hydrogen) atoms. The van der Waals surface area contributed by atoms with Gasteiger partial charge in [0, 0.05) is 18.4 Å². The van der Waals surface area contributed by atoms with Gasteiger partial charge in [-0.3, -0.25) is 33.8 Å². The van der Waals surface area contributed by atoms with E-state index in [0.717, 1.165) is 63.4 Å². The average molecular weight is 758 g/mol. The van der Waals surface area contributed by atoms with E-state index in [2.05, 4.69) is 31.2 Å². The fraction of sp³-hybridized carbons (Fsp3) is 0.619. The second-order valence-corrected chi connectivity index (χ2v) is 16.7. The molecule has 5 rings (SSSR count). The number of rotatable bonds is 14. The van der Waals surface area contributed by atoms with Crippen molar-refractivity contribution in [3.8, 4) is 0 Å². The lowest BCUT2D eigenvalue weighted by molar-refractivity contribution is -0.147. The number of ketones is 1. The van der Waals surface area contributed by atoms with Crippen molar-refractivity contribution >= 4 is 35.3 Å². The Morgan fingerprint density at radius 2 is 1.55 bits per heavy atom. The molecule has 3 fully saturated rings. The maximum absolute atomic E-state index is 14.9. The summed E-state index contributed by atoms with van der Waals surface area (Å²) < 4.78 is 0. The highest BCUT2D eigenvalue weighted by atomic mass is 16.2. The summed E-state index contributed by atoms with van der Waals surface area (Å²) in [7, 11) is 0. The number of aromatic nitrogens is 2. The summed E-state index contributed by atoms with van der Waals surface area (Å²) in [5.41, 5.74) is 0.179. The van der Waals surface area contributed by atoms with Crippen molar-refractivity contribution in [3.63, 3.8) is 0 Å². The molecule has 5 amide bonds. The van der Waals surface area contributed by atoms with Crippen LogP contribution >= 0.6 is 0 Å². The molecule has 3 unspecified atom stereocenters. The van der Waals surface area contributed by atoms with Gasteiger partial charge in [-0.25, -0.2) is 4.98 Å². The molecular formula is C42H59N7O6. The number of benzene rings is 1. The summed E-state index contributed by atoms with van der Waals surface area (Å²) in [4.78, 5) is 93.3. The number of nitrogens with one attached hydrogen (secondary N) is 4. The van der Waals surface area contributed by atoms with Gasteiger partial charge in [0.05, 0.1) is 18.3 Å². The molecule has 2 saturated carbocycles. The van der Waals surface area contributed by atoms with Crippen LogP contribution in [0.15, 0.2) is 48.9 Å². The normalized spacial score (nSPS) is 22.3. The van der Waals surface area contributed by atoms with Crippen LogP contribution in [-0.2, 0) is 24.0 Å². The molecule has 13 heteroatoms. The van der Waals surface area contributed by atoms with Crippen LogP contribution in [0.4, 0.5) is 0 Å². The second-order valence-electron chi connectivity index (χ2n) is 16.7. The molecule has 298 valence electrons. The molecule has 1 aliphatic heterocycles. The minimum Gasteiger partial charge on any atom is -0.344 e. The van der Waals surface area contributed by atoms with E-state index in [1.165, 1.54) is 18.6 Å². The van der Waals surface area contributed by atoms with Crippen LogP contribution in [0.1, 0.15) is 134 Å². The van der Waals surface area contributed by atoms with Crippen molar-refractivity contribution in [1.82, 2.24) is 36.1 Å². The van der Waals surface area contributed by atoms with Gasteiger partial charge in [-0.05, 0) is 68.3 Å². The molecule has 2 heterocycles. The van der Waals surface area contributed by atoms with Crippen LogP contribution in [0.2, 0.25) is 0 Å². The van der Waals surface area contributed by atoms with E-state index >= 15 is 0 Å². The van der Waals surface area contributed by atoms with Crippen molar-refractivity contribution in [3.05, 3.63) is 60.2 Å². The number of fused-ring (bicyclic) bond motifs is 1. The van der Waals surface area contributed by atoms with Crippen molar-refractivity contribution in [1.29, 1.82) is 0 Å². The van der Waals surface area contributed by atoms with Crippen molar-refractivity contribution in [2.45, 2.75) is 148 Å². The van der Waals surface area contributed by atoms with Crippen molar-refractivity contribution in [2.24, 2.45) is 17.3 Å². The van der Waals surface area contributed by atoms with Gasteiger partial charge in [0.2, 0.25) is 23.5 Å². The first kappa shape index (κ1) is 41.5. The fourth-order valence-corrected chi connectivity index (χ4v) is 8.61. The third-order valence-electron chi connectivity index (χ3n) is 11.6. The molecule has 1 aromatic carbocycles. The highest BCUT2D eigenvalue weighted by molar-refractivity contribution is 6.38.